The van der Waals surface area contributed by atoms with E-state index in [2.05, 4.69) is 31.7 Å². The van der Waals surface area contributed by atoms with Crippen molar-refractivity contribution in [3.05, 3.63) is 34.0 Å². The quantitative estimate of drug-likeness (QED) is 0.653. The van der Waals surface area contributed by atoms with E-state index in [0.717, 1.165) is 36.1 Å². The van der Waals surface area contributed by atoms with Gasteiger partial charge in [0.1, 0.15) is 5.82 Å². The standard InChI is InChI=1S/C11H14BrClN2O.C5H12N2/c12-9-6-15-11(4-10(9)13)14-5-7-1-2-8(16)3-7;1-4-5-7(3)6-2/h4,6-8,16H,1-3,5H2,(H,14,15);4-6H,1-3H3/b;5-4-. The predicted octanol–water partition coefficient (Wildman–Crippen LogP) is 3.66. The van der Waals surface area contributed by atoms with Crippen molar-refractivity contribution in [1.29, 1.82) is 0 Å². The Labute approximate surface area is 152 Å². The molecular weight excluding hydrogens is 380 g/mol. The number of pyridine rings is 1. The third kappa shape index (κ3) is 8.01. The fraction of sp³-hybridized carbons (Fsp3) is 0.562. The van der Waals surface area contributed by atoms with E-state index in [-0.39, 0.29) is 6.10 Å². The molecule has 1 aliphatic rings. The zero-order chi connectivity index (χ0) is 17.2. The van der Waals surface area contributed by atoms with Crippen molar-refractivity contribution in [1.82, 2.24) is 15.4 Å². The van der Waals surface area contributed by atoms with Crippen LogP contribution >= 0.6 is 27.5 Å². The van der Waals surface area contributed by atoms with Crippen LogP contribution in [0.15, 0.2) is 29.0 Å². The Balaban J connectivity index is 0.000000322. The summed E-state index contributed by atoms with van der Waals surface area (Å²) in [6.45, 7) is 2.83. The van der Waals surface area contributed by atoms with Gasteiger partial charge in [0.2, 0.25) is 0 Å². The lowest BCUT2D eigenvalue weighted by Gasteiger charge is -2.11. The highest BCUT2D eigenvalue weighted by Crippen LogP contribution is 2.27. The molecule has 0 spiro atoms. The van der Waals surface area contributed by atoms with Crippen LogP contribution in [0.3, 0.4) is 0 Å². The summed E-state index contributed by atoms with van der Waals surface area (Å²) in [7, 11) is 3.82. The van der Waals surface area contributed by atoms with Crippen LogP contribution in [0.5, 0.6) is 0 Å². The molecule has 0 aromatic carbocycles. The highest BCUT2D eigenvalue weighted by molar-refractivity contribution is 9.10. The average Bonchev–Trinajstić information content (AvgIpc) is 2.95. The molecule has 1 aromatic rings. The Morgan fingerprint density at radius 3 is 2.74 bits per heavy atom. The van der Waals surface area contributed by atoms with Crippen LogP contribution in [0.2, 0.25) is 5.02 Å². The molecule has 2 unspecified atom stereocenters. The summed E-state index contributed by atoms with van der Waals surface area (Å²) in [4.78, 5) is 4.21. The minimum absolute atomic E-state index is 0.117. The first-order valence-corrected chi connectivity index (χ1v) is 8.89. The van der Waals surface area contributed by atoms with E-state index in [1.807, 2.05) is 38.3 Å². The van der Waals surface area contributed by atoms with Gasteiger partial charge in [-0.25, -0.2) is 10.4 Å². The summed E-state index contributed by atoms with van der Waals surface area (Å²) in [5.74, 6) is 1.33. The van der Waals surface area contributed by atoms with E-state index < -0.39 is 0 Å². The molecule has 0 aliphatic heterocycles. The maximum Gasteiger partial charge on any atom is 0.127 e. The van der Waals surface area contributed by atoms with Gasteiger partial charge in [-0.3, -0.25) is 0 Å². The molecule has 0 bridgehead atoms. The van der Waals surface area contributed by atoms with Crippen LogP contribution in [-0.2, 0) is 0 Å². The number of aromatic nitrogens is 1. The zero-order valence-electron chi connectivity index (χ0n) is 13.9. The molecule has 130 valence electrons. The Bertz CT molecular complexity index is 501. The summed E-state index contributed by atoms with van der Waals surface area (Å²) in [6.07, 6.45) is 8.37. The van der Waals surface area contributed by atoms with Gasteiger partial charge in [0.25, 0.3) is 0 Å². The van der Waals surface area contributed by atoms with Crippen molar-refractivity contribution in [2.45, 2.75) is 32.3 Å². The van der Waals surface area contributed by atoms with Crippen molar-refractivity contribution >= 4 is 33.3 Å². The number of rotatable bonds is 5. The minimum atomic E-state index is -0.117. The Hall–Kier alpha value is -0.820. The van der Waals surface area contributed by atoms with E-state index in [9.17, 15) is 5.11 Å². The smallest absolute Gasteiger partial charge is 0.127 e. The largest absolute Gasteiger partial charge is 0.393 e. The third-order valence-corrected chi connectivity index (χ3v) is 4.79. The molecule has 5 nitrogen and oxygen atoms in total. The van der Waals surface area contributed by atoms with Crippen molar-refractivity contribution in [3.8, 4) is 0 Å². The lowest BCUT2D eigenvalue weighted by Crippen LogP contribution is -2.24. The SMILES string of the molecule is C/C=C\N(C)NC.OC1CCC(CNc2cc(Cl)c(Br)cn2)C1. The zero-order valence-corrected chi connectivity index (χ0v) is 16.2. The number of aliphatic hydroxyl groups is 1. The van der Waals surface area contributed by atoms with Gasteiger partial charge in [0, 0.05) is 39.1 Å². The van der Waals surface area contributed by atoms with Gasteiger partial charge in [0.15, 0.2) is 0 Å². The fourth-order valence-corrected chi connectivity index (χ4v) is 2.66. The molecule has 0 radical (unpaired) electrons. The van der Waals surface area contributed by atoms with E-state index in [4.69, 9.17) is 11.6 Å². The molecular formula is C16H26BrClN4O. The van der Waals surface area contributed by atoms with Crippen LogP contribution in [0.1, 0.15) is 26.2 Å². The maximum atomic E-state index is 9.41. The van der Waals surface area contributed by atoms with Crippen molar-refractivity contribution in [3.63, 3.8) is 0 Å². The highest BCUT2D eigenvalue weighted by atomic mass is 79.9. The second-order valence-electron chi connectivity index (χ2n) is 5.51. The number of nitrogens with zero attached hydrogens (tertiary/aromatic N) is 2. The van der Waals surface area contributed by atoms with Gasteiger partial charge in [-0.2, -0.15) is 0 Å². The van der Waals surface area contributed by atoms with Gasteiger partial charge < -0.3 is 15.4 Å². The number of aliphatic hydroxyl groups excluding tert-OH is 1. The van der Waals surface area contributed by atoms with Gasteiger partial charge in [-0.05, 0) is 48.0 Å². The summed E-state index contributed by atoms with van der Waals surface area (Å²) < 4.78 is 0.802. The Morgan fingerprint density at radius 1 is 1.52 bits per heavy atom. The number of hydrogen-bond donors (Lipinski definition) is 3. The second kappa shape index (κ2) is 10.9. The van der Waals surface area contributed by atoms with Crippen LogP contribution < -0.4 is 10.7 Å². The Kier molecular flexibility index (Phi) is 9.55. The van der Waals surface area contributed by atoms with E-state index in [0.29, 0.717) is 10.9 Å². The Morgan fingerprint density at radius 2 is 2.26 bits per heavy atom. The first-order valence-electron chi connectivity index (χ1n) is 7.72. The molecule has 0 saturated heterocycles. The van der Waals surface area contributed by atoms with Crippen LogP contribution in [0.4, 0.5) is 5.82 Å². The minimum Gasteiger partial charge on any atom is -0.393 e. The molecule has 1 heterocycles. The third-order valence-electron chi connectivity index (χ3n) is 3.62. The number of halogens is 2. The predicted molar refractivity (Wildman–Crippen MR) is 100 cm³/mol. The number of hydrogen-bond acceptors (Lipinski definition) is 5. The summed E-state index contributed by atoms with van der Waals surface area (Å²) >= 11 is 9.26. The molecule has 1 fully saturated rings. The van der Waals surface area contributed by atoms with Crippen molar-refractivity contribution in [2.24, 2.45) is 5.92 Å². The van der Waals surface area contributed by atoms with Gasteiger partial charge in [-0.15, -0.1) is 0 Å². The number of nitrogens with one attached hydrogen (secondary N) is 2. The van der Waals surface area contributed by atoms with E-state index in [1.165, 1.54) is 0 Å². The molecule has 23 heavy (non-hydrogen) atoms. The van der Waals surface area contributed by atoms with E-state index in [1.54, 1.807) is 12.3 Å². The second-order valence-corrected chi connectivity index (χ2v) is 6.78. The topological polar surface area (TPSA) is 60.4 Å². The molecule has 3 N–H and O–H groups in total. The summed E-state index contributed by atoms with van der Waals surface area (Å²) in [5, 5.41) is 15.2. The van der Waals surface area contributed by atoms with Crippen LogP contribution in [0.25, 0.3) is 0 Å². The monoisotopic (exact) mass is 404 g/mol. The average molecular weight is 406 g/mol. The van der Waals surface area contributed by atoms with Gasteiger partial charge in [0.05, 0.1) is 15.6 Å². The van der Waals surface area contributed by atoms with Crippen molar-refractivity contribution in [2.75, 3.05) is 26.0 Å². The molecule has 7 heteroatoms. The van der Waals surface area contributed by atoms with Crippen molar-refractivity contribution < 1.29 is 5.11 Å². The molecule has 1 aromatic heterocycles. The van der Waals surface area contributed by atoms with E-state index >= 15 is 0 Å². The molecule has 0 amide bonds. The van der Waals surface area contributed by atoms with Gasteiger partial charge >= 0.3 is 0 Å². The normalized spacial score (nSPS) is 20.3. The molecule has 1 saturated carbocycles. The van der Waals surface area contributed by atoms with Gasteiger partial charge in [-0.1, -0.05) is 17.7 Å². The maximum absolute atomic E-state index is 9.41. The fourth-order valence-electron chi connectivity index (χ4n) is 2.29. The molecule has 1 aliphatic carbocycles. The first-order chi connectivity index (χ1) is 11.0. The van der Waals surface area contributed by atoms with Crippen LogP contribution in [-0.4, -0.2) is 41.8 Å². The lowest BCUT2D eigenvalue weighted by molar-refractivity contribution is 0.178. The van der Waals surface area contributed by atoms with Crippen LogP contribution in [0, 0.1) is 5.92 Å². The molecule has 2 atom stereocenters. The highest BCUT2D eigenvalue weighted by Gasteiger charge is 2.22. The summed E-state index contributed by atoms with van der Waals surface area (Å²) in [5.41, 5.74) is 2.91. The molecule has 2 rings (SSSR count). The first kappa shape index (κ1) is 20.2. The number of allylic oxidation sites excluding steroid dienone is 1. The lowest BCUT2D eigenvalue weighted by atomic mass is 10.1. The number of hydrazine groups is 1. The summed E-state index contributed by atoms with van der Waals surface area (Å²) in [6, 6.07) is 1.80. The number of anilines is 1.